The number of hydrogen-bond acceptors (Lipinski definition) is 6. The van der Waals surface area contributed by atoms with Crippen LogP contribution in [0.4, 0.5) is 0 Å². The SMILES string of the molecule is C[C@H]1[C@H](N)C(=O)N1OCc1nn[nH]n1. The highest BCUT2D eigenvalue weighted by molar-refractivity contribution is 5.87. The molecule has 1 aliphatic heterocycles. The van der Waals surface area contributed by atoms with Gasteiger partial charge in [-0.1, -0.05) is 5.21 Å². The molecule has 0 spiro atoms. The number of hydrogen-bond donors (Lipinski definition) is 2. The first-order valence-electron chi connectivity index (χ1n) is 4.14. The van der Waals surface area contributed by atoms with Crippen molar-refractivity contribution in [1.82, 2.24) is 25.7 Å². The number of H-pyrrole nitrogens is 1. The van der Waals surface area contributed by atoms with E-state index in [0.29, 0.717) is 5.82 Å². The molecule has 1 aliphatic rings. The number of tetrazole rings is 1. The summed E-state index contributed by atoms with van der Waals surface area (Å²) < 4.78 is 0. The molecule has 1 aromatic heterocycles. The number of nitrogens with two attached hydrogens (primary N) is 1. The summed E-state index contributed by atoms with van der Waals surface area (Å²) in [6.07, 6.45) is 0. The van der Waals surface area contributed by atoms with Crippen molar-refractivity contribution in [1.29, 1.82) is 0 Å². The Morgan fingerprint density at radius 1 is 1.71 bits per heavy atom. The number of aromatic amines is 1. The molecule has 0 aliphatic carbocycles. The molecule has 2 heterocycles. The number of β-lactam (4-membered cyclic amide) rings is 1. The van der Waals surface area contributed by atoms with Crippen molar-refractivity contribution in [2.75, 3.05) is 0 Å². The van der Waals surface area contributed by atoms with Gasteiger partial charge in [-0.2, -0.15) is 5.21 Å². The molecule has 76 valence electrons. The van der Waals surface area contributed by atoms with Crippen LogP contribution in [-0.2, 0) is 16.2 Å². The highest BCUT2D eigenvalue weighted by atomic mass is 16.7. The van der Waals surface area contributed by atoms with Gasteiger partial charge in [-0.25, -0.2) is 5.06 Å². The summed E-state index contributed by atoms with van der Waals surface area (Å²) in [6, 6.07) is -0.560. The predicted octanol–water partition coefficient (Wildman–Crippen LogP) is -1.81. The van der Waals surface area contributed by atoms with E-state index < -0.39 is 6.04 Å². The van der Waals surface area contributed by atoms with Gasteiger partial charge in [0.2, 0.25) is 5.82 Å². The number of rotatable bonds is 3. The maximum atomic E-state index is 11.1. The van der Waals surface area contributed by atoms with Crippen molar-refractivity contribution in [2.45, 2.75) is 25.6 Å². The smallest absolute Gasteiger partial charge is 0.265 e. The molecule has 3 N–H and O–H groups in total. The highest BCUT2D eigenvalue weighted by Crippen LogP contribution is 2.18. The molecule has 8 nitrogen and oxygen atoms in total. The third kappa shape index (κ3) is 1.34. The van der Waals surface area contributed by atoms with Crippen LogP contribution < -0.4 is 5.73 Å². The molecule has 2 rings (SSSR count). The van der Waals surface area contributed by atoms with Gasteiger partial charge < -0.3 is 5.73 Å². The van der Waals surface area contributed by atoms with E-state index in [4.69, 9.17) is 10.6 Å². The lowest BCUT2D eigenvalue weighted by atomic mass is 10.0. The van der Waals surface area contributed by atoms with Gasteiger partial charge in [0.15, 0.2) is 0 Å². The minimum Gasteiger partial charge on any atom is -0.318 e. The van der Waals surface area contributed by atoms with E-state index in [0.717, 1.165) is 0 Å². The average molecular weight is 198 g/mol. The summed E-state index contributed by atoms with van der Waals surface area (Å²) in [6.45, 7) is 1.92. The maximum Gasteiger partial charge on any atom is 0.265 e. The fraction of sp³-hybridized carbons (Fsp3) is 0.667. The minimum atomic E-state index is -0.458. The van der Waals surface area contributed by atoms with Crippen molar-refractivity contribution < 1.29 is 9.63 Å². The largest absolute Gasteiger partial charge is 0.318 e. The van der Waals surface area contributed by atoms with Crippen LogP contribution in [0.5, 0.6) is 0 Å². The number of aromatic nitrogens is 4. The second-order valence-corrected chi connectivity index (χ2v) is 3.03. The third-order valence-electron chi connectivity index (χ3n) is 2.11. The number of nitrogens with zero attached hydrogens (tertiary/aromatic N) is 4. The van der Waals surface area contributed by atoms with Crippen LogP contribution in [-0.4, -0.2) is 43.7 Å². The fourth-order valence-corrected chi connectivity index (χ4v) is 1.17. The molecule has 8 heteroatoms. The van der Waals surface area contributed by atoms with Crippen LogP contribution in [0.25, 0.3) is 0 Å². The van der Waals surface area contributed by atoms with Gasteiger partial charge in [-0.3, -0.25) is 9.63 Å². The fourth-order valence-electron chi connectivity index (χ4n) is 1.17. The summed E-state index contributed by atoms with van der Waals surface area (Å²) in [7, 11) is 0. The van der Waals surface area contributed by atoms with E-state index >= 15 is 0 Å². The highest BCUT2D eigenvalue weighted by Gasteiger charge is 2.43. The molecule has 0 saturated carbocycles. The Morgan fingerprint density at radius 3 is 3.07 bits per heavy atom. The summed E-state index contributed by atoms with van der Waals surface area (Å²) in [4.78, 5) is 16.3. The lowest BCUT2D eigenvalue weighted by Crippen LogP contribution is -2.66. The van der Waals surface area contributed by atoms with Gasteiger partial charge >= 0.3 is 0 Å². The lowest BCUT2D eigenvalue weighted by molar-refractivity contribution is -0.235. The Bertz CT molecular complexity index is 325. The van der Waals surface area contributed by atoms with Crippen LogP contribution in [0.2, 0.25) is 0 Å². The number of hydroxylamine groups is 2. The molecular weight excluding hydrogens is 188 g/mol. The topological polar surface area (TPSA) is 110 Å². The third-order valence-corrected chi connectivity index (χ3v) is 2.11. The van der Waals surface area contributed by atoms with Gasteiger partial charge in [0, 0.05) is 0 Å². The zero-order valence-corrected chi connectivity index (χ0v) is 7.54. The minimum absolute atomic E-state index is 0.102. The van der Waals surface area contributed by atoms with Crippen molar-refractivity contribution in [3.8, 4) is 0 Å². The molecule has 1 aromatic rings. The van der Waals surface area contributed by atoms with E-state index in [-0.39, 0.29) is 18.6 Å². The number of carbonyl (C=O) groups excluding carboxylic acids is 1. The second kappa shape index (κ2) is 3.31. The van der Waals surface area contributed by atoms with E-state index in [9.17, 15) is 4.79 Å². The van der Waals surface area contributed by atoms with E-state index in [1.807, 2.05) is 6.92 Å². The van der Waals surface area contributed by atoms with Crippen LogP contribution >= 0.6 is 0 Å². The van der Waals surface area contributed by atoms with Gasteiger partial charge in [0.05, 0.1) is 6.04 Å². The molecule has 1 fully saturated rings. The second-order valence-electron chi connectivity index (χ2n) is 3.03. The average Bonchev–Trinajstić information content (AvgIpc) is 2.70. The van der Waals surface area contributed by atoms with Crippen LogP contribution in [0, 0.1) is 0 Å². The summed E-state index contributed by atoms with van der Waals surface area (Å²) in [5.41, 5.74) is 5.48. The Labute approximate surface area is 79.4 Å². The molecule has 0 aromatic carbocycles. The quantitative estimate of drug-likeness (QED) is 0.554. The molecule has 14 heavy (non-hydrogen) atoms. The first kappa shape index (κ1) is 9.03. The van der Waals surface area contributed by atoms with Crippen LogP contribution in [0.1, 0.15) is 12.7 Å². The Kier molecular flexibility index (Phi) is 2.14. The normalized spacial score (nSPS) is 26.4. The van der Waals surface area contributed by atoms with E-state index in [2.05, 4.69) is 20.6 Å². The first-order chi connectivity index (χ1) is 6.70. The number of carbonyl (C=O) groups is 1. The monoisotopic (exact) mass is 198 g/mol. The summed E-state index contributed by atoms with van der Waals surface area (Å²) in [5, 5.41) is 14.2. The Balaban J connectivity index is 1.85. The zero-order valence-electron chi connectivity index (χ0n) is 7.54. The van der Waals surface area contributed by atoms with Gasteiger partial charge in [0.1, 0.15) is 12.6 Å². The molecule has 1 amide bonds. The number of amides is 1. The summed E-state index contributed by atoms with van der Waals surface area (Å²) >= 11 is 0. The van der Waals surface area contributed by atoms with Gasteiger partial charge in [-0.05, 0) is 6.92 Å². The lowest BCUT2D eigenvalue weighted by Gasteiger charge is -2.41. The molecule has 0 radical (unpaired) electrons. The van der Waals surface area contributed by atoms with Crippen molar-refractivity contribution in [3.05, 3.63) is 5.82 Å². The van der Waals surface area contributed by atoms with Crippen molar-refractivity contribution in [2.24, 2.45) is 5.73 Å². The summed E-state index contributed by atoms with van der Waals surface area (Å²) in [5.74, 6) is 0.173. The van der Waals surface area contributed by atoms with Gasteiger partial charge in [-0.15, -0.1) is 10.2 Å². The molecule has 1 saturated heterocycles. The zero-order chi connectivity index (χ0) is 10.1. The molecule has 0 bridgehead atoms. The van der Waals surface area contributed by atoms with Crippen molar-refractivity contribution >= 4 is 5.91 Å². The van der Waals surface area contributed by atoms with Crippen LogP contribution in [0.3, 0.4) is 0 Å². The molecular formula is C6H10N6O2. The first-order valence-corrected chi connectivity index (χ1v) is 4.14. The Hall–Kier alpha value is -1.54. The standard InChI is InChI=1S/C6H10N6O2/c1-3-5(7)6(13)12(3)14-2-4-8-10-11-9-4/h3,5H,2,7H2,1H3,(H,8,9,10,11)/t3-,5-/m0/s1. The predicted molar refractivity (Wildman–Crippen MR) is 43.3 cm³/mol. The van der Waals surface area contributed by atoms with E-state index in [1.54, 1.807) is 0 Å². The maximum absolute atomic E-state index is 11.1. The molecule has 0 unspecified atom stereocenters. The van der Waals surface area contributed by atoms with E-state index in [1.165, 1.54) is 5.06 Å². The Morgan fingerprint density at radius 2 is 2.50 bits per heavy atom. The molecule has 2 atom stereocenters. The van der Waals surface area contributed by atoms with Crippen molar-refractivity contribution in [3.63, 3.8) is 0 Å². The van der Waals surface area contributed by atoms with Crippen LogP contribution in [0.15, 0.2) is 0 Å². The number of nitrogens with one attached hydrogen (secondary N) is 1. The van der Waals surface area contributed by atoms with Gasteiger partial charge in [0.25, 0.3) is 5.91 Å².